The first-order chi connectivity index (χ1) is 8.97. The van der Waals surface area contributed by atoms with E-state index in [4.69, 9.17) is 22.4 Å². The predicted octanol–water partition coefficient (Wildman–Crippen LogP) is 4.13. The third kappa shape index (κ3) is 3.19. The Hall–Kier alpha value is -1.72. The van der Waals surface area contributed by atoms with Crippen molar-refractivity contribution in [2.45, 2.75) is 0 Å². The molecule has 6 heteroatoms. The second-order valence-electron chi connectivity index (χ2n) is 3.86. The third-order valence-electron chi connectivity index (χ3n) is 2.47. The number of carboxylic acids is 1. The zero-order valence-electron chi connectivity index (χ0n) is 9.65. The van der Waals surface area contributed by atoms with E-state index in [1.165, 1.54) is 6.07 Å². The zero-order valence-corrected chi connectivity index (χ0v) is 12.0. The van der Waals surface area contributed by atoms with E-state index in [0.717, 1.165) is 4.47 Å². The number of benzene rings is 2. The molecule has 19 heavy (non-hydrogen) atoms. The molecule has 0 saturated carbocycles. The Morgan fingerprint density at radius 3 is 2.63 bits per heavy atom. The van der Waals surface area contributed by atoms with Crippen molar-refractivity contribution in [3.8, 4) is 0 Å². The molecule has 0 heterocycles. The minimum absolute atomic E-state index is 0.104. The lowest BCUT2D eigenvalue weighted by molar-refractivity contribution is 0.0698. The van der Waals surface area contributed by atoms with Crippen molar-refractivity contribution in [2.24, 2.45) is 0 Å². The number of aromatic carboxylic acids is 1. The van der Waals surface area contributed by atoms with Gasteiger partial charge < -0.3 is 16.2 Å². The molecule has 0 fully saturated rings. The molecule has 4 nitrogen and oxygen atoms in total. The highest BCUT2D eigenvalue weighted by molar-refractivity contribution is 9.10. The van der Waals surface area contributed by atoms with Crippen LogP contribution in [-0.2, 0) is 0 Å². The minimum Gasteiger partial charge on any atom is -0.478 e. The summed E-state index contributed by atoms with van der Waals surface area (Å²) >= 11 is 9.28. The predicted molar refractivity (Wildman–Crippen MR) is 80.2 cm³/mol. The summed E-state index contributed by atoms with van der Waals surface area (Å²) in [7, 11) is 0. The highest BCUT2D eigenvalue weighted by Crippen LogP contribution is 2.30. The molecule has 0 aliphatic heterocycles. The third-order valence-corrected chi connectivity index (χ3v) is 3.40. The van der Waals surface area contributed by atoms with E-state index in [-0.39, 0.29) is 5.56 Å². The van der Waals surface area contributed by atoms with Gasteiger partial charge in [-0.1, -0.05) is 11.6 Å². The maximum Gasteiger partial charge on any atom is 0.337 e. The molecular formula is C13H10BrClN2O2. The fourth-order valence-corrected chi connectivity index (χ4v) is 2.10. The summed E-state index contributed by atoms with van der Waals surface area (Å²) in [6.07, 6.45) is 0. The van der Waals surface area contributed by atoms with Crippen molar-refractivity contribution in [3.05, 3.63) is 51.5 Å². The Kier molecular flexibility index (Phi) is 3.97. The Balaban J connectivity index is 2.43. The van der Waals surface area contributed by atoms with Gasteiger partial charge in [0, 0.05) is 15.2 Å². The molecule has 2 rings (SSSR count). The van der Waals surface area contributed by atoms with E-state index >= 15 is 0 Å². The summed E-state index contributed by atoms with van der Waals surface area (Å²) in [6, 6.07) is 9.87. The number of carbonyl (C=O) groups is 1. The molecule has 2 aromatic rings. The zero-order chi connectivity index (χ0) is 14.0. The van der Waals surface area contributed by atoms with Gasteiger partial charge in [0.1, 0.15) is 0 Å². The standard InChI is InChI=1S/C13H10BrClN2O2/c14-10-3-1-7(15)5-12(10)17-11-4-2-8(16)6-9(11)13(18)19/h1-6,17H,16H2,(H,18,19). The van der Waals surface area contributed by atoms with Crippen molar-refractivity contribution in [2.75, 3.05) is 11.1 Å². The van der Waals surface area contributed by atoms with Crippen LogP contribution >= 0.6 is 27.5 Å². The fourth-order valence-electron chi connectivity index (χ4n) is 1.59. The van der Waals surface area contributed by atoms with E-state index in [9.17, 15) is 4.79 Å². The molecule has 0 saturated heterocycles. The summed E-state index contributed by atoms with van der Waals surface area (Å²) in [5.41, 5.74) is 7.22. The molecule has 0 unspecified atom stereocenters. The molecule has 0 aliphatic carbocycles. The molecule has 0 aliphatic rings. The average molecular weight is 342 g/mol. The summed E-state index contributed by atoms with van der Waals surface area (Å²) in [5.74, 6) is -1.05. The molecule has 2 aromatic carbocycles. The number of hydrogen-bond donors (Lipinski definition) is 3. The van der Waals surface area contributed by atoms with Gasteiger partial charge in [0.25, 0.3) is 0 Å². The molecule has 0 aromatic heterocycles. The van der Waals surface area contributed by atoms with Gasteiger partial charge in [0.05, 0.1) is 16.9 Å². The van der Waals surface area contributed by atoms with Gasteiger partial charge >= 0.3 is 5.97 Å². The highest BCUT2D eigenvalue weighted by Gasteiger charge is 2.11. The number of nitrogens with two attached hydrogens (primary N) is 1. The molecular weight excluding hydrogens is 332 g/mol. The van der Waals surface area contributed by atoms with E-state index < -0.39 is 5.97 Å². The van der Waals surface area contributed by atoms with E-state index in [0.29, 0.717) is 22.1 Å². The van der Waals surface area contributed by atoms with Crippen molar-refractivity contribution >= 4 is 50.6 Å². The van der Waals surface area contributed by atoms with Gasteiger partial charge in [0.15, 0.2) is 0 Å². The first kappa shape index (κ1) is 13.7. The lowest BCUT2D eigenvalue weighted by Crippen LogP contribution is -2.04. The molecule has 4 N–H and O–H groups in total. The second-order valence-corrected chi connectivity index (χ2v) is 5.15. The summed E-state index contributed by atoms with van der Waals surface area (Å²) < 4.78 is 0.782. The normalized spacial score (nSPS) is 10.2. The quantitative estimate of drug-likeness (QED) is 0.734. The number of anilines is 3. The van der Waals surface area contributed by atoms with Gasteiger partial charge in [0.2, 0.25) is 0 Å². The van der Waals surface area contributed by atoms with E-state index in [1.807, 2.05) is 0 Å². The van der Waals surface area contributed by atoms with Crippen molar-refractivity contribution in [1.29, 1.82) is 0 Å². The number of carboxylic acid groups (broad SMARTS) is 1. The van der Waals surface area contributed by atoms with E-state index in [2.05, 4.69) is 21.2 Å². The van der Waals surface area contributed by atoms with Crippen LogP contribution in [0.2, 0.25) is 5.02 Å². The first-order valence-corrected chi connectivity index (χ1v) is 6.49. The van der Waals surface area contributed by atoms with Crippen LogP contribution in [0.1, 0.15) is 10.4 Å². The van der Waals surface area contributed by atoms with Crippen molar-refractivity contribution in [3.63, 3.8) is 0 Å². The number of nitrogens with one attached hydrogen (secondary N) is 1. The van der Waals surface area contributed by atoms with Crippen LogP contribution in [0.4, 0.5) is 17.1 Å². The van der Waals surface area contributed by atoms with Crippen LogP contribution in [0, 0.1) is 0 Å². The molecule has 98 valence electrons. The average Bonchev–Trinajstić information content (AvgIpc) is 2.35. The van der Waals surface area contributed by atoms with Gasteiger partial charge in [-0.2, -0.15) is 0 Å². The largest absolute Gasteiger partial charge is 0.478 e. The van der Waals surface area contributed by atoms with E-state index in [1.54, 1.807) is 30.3 Å². The summed E-state index contributed by atoms with van der Waals surface area (Å²) in [5, 5.41) is 12.7. The van der Waals surface area contributed by atoms with Gasteiger partial charge in [-0.25, -0.2) is 4.79 Å². The molecule has 0 atom stereocenters. The van der Waals surface area contributed by atoms with Crippen LogP contribution in [-0.4, -0.2) is 11.1 Å². The fraction of sp³-hybridized carbons (Fsp3) is 0. The lowest BCUT2D eigenvalue weighted by atomic mass is 10.1. The lowest BCUT2D eigenvalue weighted by Gasteiger charge is -2.12. The number of rotatable bonds is 3. The minimum atomic E-state index is -1.05. The molecule has 0 radical (unpaired) electrons. The van der Waals surface area contributed by atoms with Crippen LogP contribution in [0.5, 0.6) is 0 Å². The molecule has 0 amide bonds. The SMILES string of the molecule is Nc1ccc(Nc2cc(Cl)ccc2Br)c(C(=O)O)c1. The maximum absolute atomic E-state index is 11.2. The van der Waals surface area contributed by atoms with Crippen LogP contribution in [0.25, 0.3) is 0 Å². The Labute approximate surface area is 123 Å². The highest BCUT2D eigenvalue weighted by atomic mass is 79.9. The maximum atomic E-state index is 11.2. The number of nitrogen functional groups attached to an aromatic ring is 1. The Bertz CT molecular complexity index is 647. The summed E-state index contributed by atoms with van der Waals surface area (Å²) in [4.78, 5) is 11.2. The summed E-state index contributed by atoms with van der Waals surface area (Å²) in [6.45, 7) is 0. The van der Waals surface area contributed by atoms with Crippen LogP contribution in [0.3, 0.4) is 0 Å². The van der Waals surface area contributed by atoms with Gasteiger partial charge in [-0.05, 0) is 52.3 Å². The monoisotopic (exact) mass is 340 g/mol. The second kappa shape index (κ2) is 5.50. The Morgan fingerprint density at radius 2 is 1.95 bits per heavy atom. The van der Waals surface area contributed by atoms with Crippen LogP contribution < -0.4 is 11.1 Å². The topological polar surface area (TPSA) is 75.3 Å². The van der Waals surface area contributed by atoms with Gasteiger partial charge in [-0.3, -0.25) is 0 Å². The number of hydrogen-bond acceptors (Lipinski definition) is 3. The van der Waals surface area contributed by atoms with Gasteiger partial charge in [-0.15, -0.1) is 0 Å². The number of halogens is 2. The van der Waals surface area contributed by atoms with Crippen LogP contribution in [0.15, 0.2) is 40.9 Å². The molecule has 0 bridgehead atoms. The van der Waals surface area contributed by atoms with Crippen molar-refractivity contribution < 1.29 is 9.90 Å². The smallest absolute Gasteiger partial charge is 0.337 e. The first-order valence-electron chi connectivity index (χ1n) is 5.32. The van der Waals surface area contributed by atoms with Crippen molar-refractivity contribution in [1.82, 2.24) is 0 Å². The Morgan fingerprint density at radius 1 is 1.21 bits per heavy atom. The molecule has 0 spiro atoms.